The number of nitrogens with zero attached hydrogens (tertiary/aromatic N) is 1. The lowest BCUT2D eigenvalue weighted by molar-refractivity contribution is -0.666. The SMILES string of the molecule is Cc1ccc(-c2cc(-c3ccccc3)[n+](Cc3ccccc3)c(-c3ccccc3)c2)cc1. The van der Waals surface area contributed by atoms with Crippen molar-refractivity contribution < 1.29 is 4.57 Å². The van der Waals surface area contributed by atoms with Crippen molar-refractivity contribution >= 4 is 0 Å². The number of pyridine rings is 1. The summed E-state index contributed by atoms with van der Waals surface area (Å²) in [6.07, 6.45) is 0. The predicted molar refractivity (Wildman–Crippen MR) is 133 cm³/mol. The van der Waals surface area contributed by atoms with Gasteiger partial charge in [-0.3, -0.25) is 0 Å². The van der Waals surface area contributed by atoms with E-state index in [1.165, 1.54) is 44.8 Å². The van der Waals surface area contributed by atoms with E-state index >= 15 is 0 Å². The highest BCUT2D eigenvalue weighted by molar-refractivity contribution is 5.73. The lowest BCUT2D eigenvalue weighted by Gasteiger charge is -2.13. The standard InChI is InChI=1S/C31H26N/c1-24-17-19-26(20-18-24)29-21-30(27-13-7-3-8-14-27)32(23-25-11-5-2-6-12-25)31(22-29)28-15-9-4-10-16-28/h2-22H,23H2,1H3/q+1. The zero-order chi connectivity index (χ0) is 21.8. The van der Waals surface area contributed by atoms with Gasteiger partial charge < -0.3 is 0 Å². The third-order valence-corrected chi connectivity index (χ3v) is 5.87. The average molecular weight is 413 g/mol. The summed E-state index contributed by atoms with van der Waals surface area (Å²) in [6, 6.07) is 45.6. The Balaban J connectivity index is 1.78. The summed E-state index contributed by atoms with van der Waals surface area (Å²) in [6.45, 7) is 2.94. The molecule has 1 heteroatoms. The monoisotopic (exact) mass is 412 g/mol. The van der Waals surface area contributed by atoms with Crippen LogP contribution in [0.1, 0.15) is 11.1 Å². The second kappa shape index (κ2) is 9.03. The average Bonchev–Trinajstić information content (AvgIpc) is 2.86. The molecule has 1 nitrogen and oxygen atoms in total. The van der Waals surface area contributed by atoms with Gasteiger partial charge in [-0.2, -0.15) is 4.57 Å². The number of hydrogen-bond donors (Lipinski definition) is 0. The number of rotatable bonds is 5. The third-order valence-electron chi connectivity index (χ3n) is 5.87. The van der Waals surface area contributed by atoms with Gasteiger partial charge in [0.15, 0.2) is 6.54 Å². The molecule has 0 aliphatic carbocycles. The fourth-order valence-corrected chi connectivity index (χ4v) is 4.17. The Morgan fingerprint density at radius 2 is 0.938 bits per heavy atom. The molecule has 0 aliphatic heterocycles. The normalized spacial score (nSPS) is 10.8. The minimum atomic E-state index is 0.809. The van der Waals surface area contributed by atoms with E-state index in [0.29, 0.717) is 0 Å². The largest absolute Gasteiger partial charge is 0.213 e. The molecule has 1 heterocycles. The summed E-state index contributed by atoms with van der Waals surface area (Å²) >= 11 is 0. The van der Waals surface area contributed by atoms with Gasteiger partial charge >= 0.3 is 0 Å². The third kappa shape index (κ3) is 4.24. The minimum Gasteiger partial charge on any atom is -0.187 e. The number of aryl methyl sites for hydroxylation is 1. The first-order valence-electron chi connectivity index (χ1n) is 11.1. The highest BCUT2D eigenvalue weighted by Gasteiger charge is 2.23. The van der Waals surface area contributed by atoms with Crippen LogP contribution in [0.3, 0.4) is 0 Å². The lowest BCUT2D eigenvalue weighted by atomic mass is 9.98. The van der Waals surface area contributed by atoms with E-state index in [2.05, 4.69) is 139 Å². The van der Waals surface area contributed by atoms with Crippen LogP contribution in [-0.2, 0) is 6.54 Å². The first-order chi connectivity index (χ1) is 15.8. The molecule has 154 valence electrons. The Morgan fingerprint density at radius 3 is 1.44 bits per heavy atom. The van der Waals surface area contributed by atoms with Crippen molar-refractivity contribution in [2.45, 2.75) is 13.5 Å². The van der Waals surface area contributed by atoms with E-state index < -0.39 is 0 Å². The van der Waals surface area contributed by atoms with Crippen LogP contribution in [0.5, 0.6) is 0 Å². The van der Waals surface area contributed by atoms with Gasteiger partial charge in [-0.15, -0.1) is 0 Å². The molecule has 0 unspecified atom stereocenters. The number of aromatic nitrogens is 1. The van der Waals surface area contributed by atoms with Crippen molar-refractivity contribution in [3.05, 3.63) is 139 Å². The molecule has 0 amide bonds. The molecule has 0 fully saturated rings. The highest BCUT2D eigenvalue weighted by atomic mass is 15.0. The van der Waals surface area contributed by atoms with Gasteiger partial charge in [-0.25, -0.2) is 0 Å². The molecule has 0 radical (unpaired) electrons. The summed E-state index contributed by atoms with van der Waals surface area (Å²) in [5.74, 6) is 0. The van der Waals surface area contributed by atoms with Crippen LogP contribution in [0.4, 0.5) is 0 Å². The van der Waals surface area contributed by atoms with Gasteiger partial charge in [0.05, 0.1) is 0 Å². The van der Waals surface area contributed by atoms with Crippen LogP contribution in [0, 0.1) is 6.92 Å². The van der Waals surface area contributed by atoms with E-state index in [4.69, 9.17) is 0 Å². The van der Waals surface area contributed by atoms with E-state index in [9.17, 15) is 0 Å². The highest BCUT2D eigenvalue weighted by Crippen LogP contribution is 2.29. The Morgan fingerprint density at radius 1 is 0.469 bits per heavy atom. The Hall–Kier alpha value is -3.97. The molecule has 0 saturated heterocycles. The summed E-state index contributed by atoms with van der Waals surface area (Å²) in [5.41, 5.74) is 9.89. The molecule has 4 aromatic carbocycles. The fourth-order valence-electron chi connectivity index (χ4n) is 4.17. The van der Waals surface area contributed by atoms with Crippen molar-refractivity contribution in [3.63, 3.8) is 0 Å². The van der Waals surface area contributed by atoms with E-state index in [-0.39, 0.29) is 0 Å². The lowest BCUT2D eigenvalue weighted by Crippen LogP contribution is -2.39. The summed E-state index contributed by atoms with van der Waals surface area (Å²) in [4.78, 5) is 0. The van der Waals surface area contributed by atoms with Crippen LogP contribution < -0.4 is 4.57 Å². The van der Waals surface area contributed by atoms with E-state index in [1.54, 1.807) is 0 Å². The van der Waals surface area contributed by atoms with Crippen molar-refractivity contribution in [1.29, 1.82) is 0 Å². The molecule has 0 atom stereocenters. The molecule has 0 aliphatic rings. The quantitative estimate of drug-likeness (QED) is 0.266. The van der Waals surface area contributed by atoms with Crippen LogP contribution in [0.15, 0.2) is 127 Å². The van der Waals surface area contributed by atoms with Crippen molar-refractivity contribution in [2.75, 3.05) is 0 Å². The van der Waals surface area contributed by atoms with Gasteiger partial charge in [0.2, 0.25) is 11.4 Å². The van der Waals surface area contributed by atoms with Gasteiger partial charge in [-0.1, -0.05) is 96.6 Å². The number of hydrogen-bond acceptors (Lipinski definition) is 0. The summed E-state index contributed by atoms with van der Waals surface area (Å²) in [7, 11) is 0. The Kier molecular flexibility index (Phi) is 5.63. The molecule has 1 aromatic heterocycles. The van der Waals surface area contributed by atoms with Crippen molar-refractivity contribution in [1.82, 2.24) is 0 Å². The molecule has 5 rings (SSSR count). The topological polar surface area (TPSA) is 3.88 Å². The molecule has 0 spiro atoms. The molecule has 32 heavy (non-hydrogen) atoms. The first-order valence-corrected chi connectivity index (χ1v) is 11.1. The van der Waals surface area contributed by atoms with Gasteiger partial charge in [-0.05, 0) is 42.3 Å². The second-order valence-electron chi connectivity index (χ2n) is 8.18. The van der Waals surface area contributed by atoms with Crippen LogP contribution >= 0.6 is 0 Å². The van der Waals surface area contributed by atoms with Crippen molar-refractivity contribution in [3.8, 4) is 33.6 Å². The van der Waals surface area contributed by atoms with Crippen LogP contribution in [-0.4, -0.2) is 0 Å². The zero-order valence-corrected chi connectivity index (χ0v) is 18.3. The van der Waals surface area contributed by atoms with Gasteiger partial charge in [0.25, 0.3) is 0 Å². The van der Waals surface area contributed by atoms with Gasteiger partial charge in [0.1, 0.15) is 0 Å². The van der Waals surface area contributed by atoms with E-state index in [1.807, 2.05) is 0 Å². The second-order valence-corrected chi connectivity index (χ2v) is 8.18. The molecular formula is C31H26N+. The van der Waals surface area contributed by atoms with Crippen LogP contribution in [0.25, 0.3) is 33.6 Å². The summed E-state index contributed by atoms with van der Waals surface area (Å²) in [5, 5.41) is 0. The molecule has 5 aromatic rings. The van der Waals surface area contributed by atoms with E-state index in [0.717, 1.165) is 6.54 Å². The molecule has 0 N–H and O–H groups in total. The first kappa shape index (κ1) is 20.0. The smallest absolute Gasteiger partial charge is 0.187 e. The van der Waals surface area contributed by atoms with Gasteiger partial charge in [0, 0.05) is 28.8 Å². The zero-order valence-electron chi connectivity index (χ0n) is 18.3. The van der Waals surface area contributed by atoms with Crippen LogP contribution in [0.2, 0.25) is 0 Å². The Labute approximate surface area is 190 Å². The number of benzene rings is 4. The Bertz CT molecular complexity index is 1250. The maximum absolute atomic E-state index is 2.44. The molecule has 0 bridgehead atoms. The fraction of sp³-hybridized carbons (Fsp3) is 0.0645. The molecular weight excluding hydrogens is 386 g/mol. The maximum Gasteiger partial charge on any atom is 0.213 e. The minimum absolute atomic E-state index is 0.809. The maximum atomic E-state index is 2.44. The predicted octanol–water partition coefficient (Wildman–Crippen LogP) is 7.33. The summed E-state index contributed by atoms with van der Waals surface area (Å²) < 4.78 is 2.44. The van der Waals surface area contributed by atoms with Crippen molar-refractivity contribution in [2.24, 2.45) is 0 Å². The molecule has 0 saturated carbocycles.